The van der Waals surface area contributed by atoms with Crippen LogP contribution in [0.2, 0.25) is 0 Å². The molecule has 0 unspecified atom stereocenters. The van der Waals surface area contributed by atoms with Crippen molar-refractivity contribution in [1.29, 1.82) is 0 Å². The Balaban J connectivity index is 2.27. The molecular formula is C19H15BrFNO3S2. The van der Waals surface area contributed by atoms with E-state index in [1.54, 1.807) is 42.5 Å². The highest BCUT2D eigenvalue weighted by Crippen LogP contribution is 2.37. The number of nitrogens with zero attached hydrogens (tertiary/aromatic N) is 1. The average molecular weight is 468 g/mol. The fourth-order valence-corrected chi connectivity index (χ4v) is 7.06. The molecule has 3 aromatic rings. The Morgan fingerprint density at radius 1 is 0.741 bits per heavy atom. The molecule has 0 N–H and O–H groups in total. The Bertz CT molecular complexity index is 1160. The van der Waals surface area contributed by atoms with Crippen LogP contribution in [0.4, 0.5) is 4.39 Å². The van der Waals surface area contributed by atoms with E-state index >= 15 is 4.39 Å². The molecule has 0 aliphatic rings. The summed E-state index contributed by atoms with van der Waals surface area (Å²) in [5, 5.41) is 0. The molecule has 0 aromatic heterocycles. The van der Waals surface area contributed by atoms with E-state index in [0.717, 1.165) is 0 Å². The van der Waals surface area contributed by atoms with Crippen molar-refractivity contribution >= 4 is 35.7 Å². The minimum atomic E-state index is -4.34. The Kier molecular flexibility index (Phi) is 5.78. The van der Waals surface area contributed by atoms with E-state index in [2.05, 4.69) is 19.7 Å². The Morgan fingerprint density at radius 2 is 1.22 bits per heavy atom. The molecule has 4 nitrogen and oxygen atoms in total. The largest absolute Gasteiger partial charge is 0.290 e. The second kappa shape index (κ2) is 7.92. The van der Waals surface area contributed by atoms with E-state index in [9.17, 15) is 12.6 Å². The molecule has 0 saturated carbocycles. The molecule has 3 rings (SSSR count). The lowest BCUT2D eigenvalue weighted by Gasteiger charge is -2.16. The minimum Gasteiger partial charge on any atom is -0.240 e. The number of rotatable bonds is 5. The van der Waals surface area contributed by atoms with Crippen LogP contribution in [-0.4, -0.2) is 12.6 Å². The van der Waals surface area contributed by atoms with E-state index in [1.165, 1.54) is 42.5 Å². The highest BCUT2D eigenvalue weighted by molar-refractivity contribution is 9.10. The zero-order valence-electron chi connectivity index (χ0n) is 13.9. The quantitative estimate of drug-likeness (QED) is 0.508. The molecule has 0 aliphatic heterocycles. The second-order valence-electron chi connectivity index (χ2n) is 5.58. The van der Waals surface area contributed by atoms with Gasteiger partial charge in [0.05, 0.1) is 9.79 Å². The van der Waals surface area contributed by atoms with Crippen molar-refractivity contribution in [2.45, 2.75) is 15.3 Å². The van der Waals surface area contributed by atoms with Crippen molar-refractivity contribution in [2.75, 3.05) is 0 Å². The fraction of sp³-hybridized carbons (Fsp3) is 0.0526. The highest BCUT2D eigenvalue weighted by atomic mass is 79.9. The normalized spacial score (nSPS) is 14.9. The third-order valence-electron chi connectivity index (χ3n) is 3.76. The van der Waals surface area contributed by atoms with Gasteiger partial charge in [-0.05, 0) is 30.3 Å². The molecule has 0 radical (unpaired) electrons. The zero-order chi connectivity index (χ0) is 19.5. The molecule has 8 heteroatoms. The van der Waals surface area contributed by atoms with Gasteiger partial charge in [0, 0.05) is 10.0 Å². The zero-order valence-corrected chi connectivity index (χ0v) is 17.1. The van der Waals surface area contributed by atoms with Crippen molar-refractivity contribution in [1.82, 2.24) is 0 Å². The van der Waals surface area contributed by atoms with Crippen molar-refractivity contribution in [3.05, 3.63) is 95.0 Å². The van der Waals surface area contributed by atoms with Gasteiger partial charge >= 0.3 is 0 Å². The van der Waals surface area contributed by atoms with Crippen LogP contribution >= 0.6 is 15.9 Å². The third kappa shape index (κ3) is 4.12. The molecular weight excluding hydrogens is 453 g/mol. The molecule has 0 heterocycles. The summed E-state index contributed by atoms with van der Waals surface area (Å²) in [5.41, 5.74) is -2.08. The SMILES string of the molecule is O=S(=O)(N=[S@](=O)(c1ccccc1)[C@H](F)c1ccccc1Br)c1ccccc1. The van der Waals surface area contributed by atoms with Crippen LogP contribution < -0.4 is 0 Å². The molecule has 2 atom stereocenters. The molecule has 140 valence electrons. The maximum atomic E-state index is 15.5. The van der Waals surface area contributed by atoms with Gasteiger partial charge in [0.25, 0.3) is 10.0 Å². The summed E-state index contributed by atoms with van der Waals surface area (Å²) in [5.74, 6) is 0. The Hall–Kier alpha value is -2.03. The summed E-state index contributed by atoms with van der Waals surface area (Å²) in [6.45, 7) is 0. The molecule has 27 heavy (non-hydrogen) atoms. The van der Waals surface area contributed by atoms with Gasteiger partial charge < -0.3 is 0 Å². The minimum absolute atomic E-state index is 0.00718. The summed E-state index contributed by atoms with van der Waals surface area (Å²) in [7, 11) is -8.33. The standard InChI is InChI=1S/C19H15BrFNO3S2/c20-18-14-8-7-13-17(18)19(21)26(23,15-9-3-1-4-10-15)22-27(24,25)16-11-5-2-6-12-16/h1-14,19H/t19-,26-/m0/s1. The molecule has 0 fully saturated rings. The van der Waals surface area contributed by atoms with E-state index < -0.39 is 25.3 Å². The molecule has 3 aromatic carbocycles. The van der Waals surface area contributed by atoms with Crippen LogP contribution in [0.25, 0.3) is 0 Å². The van der Waals surface area contributed by atoms with Crippen LogP contribution in [0.3, 0.4) is 0 Å². The van der Waals surface area contributed by atoms with Gasteiger partial charge in [-0.15, -0.1) is 0 Å². The van der Waals surface area contributed by atoms with Crippen molar-refractivity contribution < 1.29 is 17.0 Å². The van der Waals surface area contributed by atoms with Crippen LogP contribution in [0.15, 0.2) is 103 Å². The number of sulfonamides is 1. The van der Waals surface area contributed by atoms with Crippen LogP contribution in [0.1, 0.15) is 11.1 Å². The average Bonchev–Trinajstić information content (AvgIpc) is 2.69. The molecule has 0 saturated heterocycles. The molecule has 0 aliphatic carbocycles. The molecule has 0 amide bonds. The summed E-state index contributed by atoms with van der Waals surface area (Å²) < 4.78 is 58.6. The predicted octanol–water partition coefficient (Wildman–Crippen LogP) is 5.33. The number of halogens is 2. The van der Waals surface area contributed by atoms with Crippen molar-refractivity contribution in [3.63, 3.8) is 0 Å². The maximum Gasteiger partial charge on any atom is 0.290 e. The monoisotopic (exact) mass is 467 g/mol. The van der Waals surface area contributed by atoms with Gasteiger partial charge in [0.1, 0.15) is 9.73 Å². The van der Waals surface area contributed by atoms with Gasteiger partial charge in [0.15, 0.2) is 0 Å². The Labute approximate surface area is 166 Å². The van der Waals surface area contributed by atoms with Crippen LogP contribution in [-0.2, 0) is 19.8 Å². The highest BCUT2D eigenvalue weighted by Gasteiger charge is 2.31. The lowest BCUT2D eigenvalue weighted by Crippen LogP contribution is -2.13. The number of alkyl halides is 1. The first kappa shape index (κ1) is 19.7. The van der Waals surface area contributed by atoms with Gasteiger partial charge in [-0.1, -0.05) is 74.3 Å². The first-order chi connectivity index (χ1) is 12.8. The van der Waals surface area contributed by atoms with E-state index in [0.29, 0.717) is 4.47 Å². The third-order valence-corrected chi connectivity index (χ3v) is 8.78. The summed E-state index contributed by atoms with van der Waals surface area (Å²) in [4.78, 5) is -0.138. The summed E-state index contributed by atoms with van der Waals surface area (Å²) in [6, 6.07) is 21.3. The van der Waals surface area contributed by atoms with Crippen LogP contribution in [0.5, 0.6) is 0 Å². The van der Waals surface area contributed by atoms with E-state index in [-0.39, 0.29) is 15.4 Å². The summed E-state index contributed by atoms with van der Waals surface area (Å²) in [6.07, 6.45) is 0. The van der Waals surface area contributed by atoms with E-state index in [1.807, 2.05) is 0 Å². The first-order valence-electron chi connectivity index (χ1n) is 7.85. The van der Waals surface area contributed by atoms with Crippen LogP contribution in [0, 0.1) is 0 Å². The van der Waals surface area contributed by atoms with Gasteiger partial charge in [0.2, 0.25) is 5.50 Å². The van der Waals surface area contributed by atoms with Gasteiger partial charge in [-0.25, -0.2) is 8.60 Å². The second-order valence-corrected chi connectivity index (χ2v) is 10.5. The van der Waals surface area contributed by atoms with Crippen molar-refractivity contribution in [3.8, 4) is 0 Å². The topological polar surface area (TPSA) is 63.6 Å². The predicted molar refractivity (Wildman–Crippen MR) is 107 cm³/mol. The number of hydrogen-bond acceptors (Lipinski definition) is 3. The number of hydrogen-bond donors (Lipinski definition) is 0. The van der Waals surface area contributed by atoms with Crippen molar-refractivity contribution in [2.24, 2.45) is 3.77 Å². The first-order valence-corrected chi connectivity index (χ1v) is 11.7. The molecule has 0 spiro atoms. The number of benzene rings is 3. The maximum absolute atomic E-state index is 15.5. The fourth-order valence-electron chi connectivity index (χ4n) is 2.43. The molecule has 0 bridgehead atoms. The van der Waals surface area contributed by atoms with E-state index in [4.69, 9.17) is 0 Å². The van der Waals surface area contributed by atoms with Gasteiger partial charge in [-0.3, -0.25) is 0 Å². The Morgan fingerprint density at radius 3 is 1.78 bits per heavy atom. The lowest BCUT2D eigenvalue weighted by molar-refractivity contribution is 0.449. The van der Waals surface area contributed by atoms with Gasteiger partial charge in [-0.2, -0.15) is 8.42 Å². The smallest absolute Gasteiger partial charge is 0.240 e. The lowest BCUT2D eigenvalue weighted by atomic mass is 10.2. The summed E-state index contributed by atoms with van der Waals surface area (Å²) >= 11 is 3.23.